The van der Waals surface area contributed by atoms with Crippen molar-refractivity contribution in [1.29, 1.82) is 0 Å². The lowest BCUT2D eigenvalue weighted by molar-refractivity contribution is -0.126. The van der Waals surface area contributed by atoms with Crippen molar-refractivity contribution in [3.05, 3.63) is 102 Å². The Morgan fingerprint density at radius 3 is 2.05 bits per heavy atom. The maximum Gasteiger partial charge on any atom is 0.246 e. The van der Waals surface area contributed by atoms with E-state index in [2.05, 4.69) is 48.6 Å². The third-order valence-corrected chi connectivity index (χ3v) is 9.44. The van der Waals surface area contributed by atoms with Gasteiger partial charge in [-0.2, -0.15) is 4.31 Å². The molecule has 1 aliphatic carbocycles. The van der Waals surface area contributed by atoms with Gasteiger partial charge in [-0.05, 0) is 69.0 Å². The summed E-state index contributed by atoms with van der Waals surface area (Å²) in [6.45, 7) is 0.416. The molecule has 0 spiro atoms. The fraction of sp³-hybridized carbons (Fsp3) is 0.406. The summed E-state index contributed by atoms with van der Waals surface area (Å²) in [5.74, 6) is 0.389. The van der Waals surface area contributed by atoms with Crippen LogP contribution in [0.3, 0.4) is 0 Å². The minimum Gasteiger partial charge on any atom is -0.370 e. The molecule has 0 radical (unpaired) electrons. The standard InChI is InChI=1S/C32H41N3O4S/c1-34(2)32(27-14-8-4-9-15-27)28-18-20-29(21-19-28)33-31(36)25-39-23-22-35(24-26-12-6-3-7-13-26)40(37,38)30-16-10-5-11-17-30/h3-17,28-29,32H,18-25H2,1-2H3,(H,33,36). The summed E-state index contributed by atoms with van der Waals surface area (Å²) in [4.78, 5) is 15.2. The van der Waals surface area contributed by atoms with Crippen LogP contribution in [0.4, 0.5) is 0 Å². The first kappa shape index (κ1) is 29.9. The highest BCUT2D eigenvalue weighted by Crippen LogP contribution is 2.37. The van der Waals surface area contributed by atoms with E-state index in [4.69, 9.17) is 4.74 Å². The van der Waals surface area contributed by atoms with Gasteiger partial charge in [-0.1, -0.05) is 78.9 Å². The van der Waals surface area contributed by atoms with Gasteiger partial charge in [0.25, 0.3) is 0 Å². The molecule has 0 bridgehead atoms. The normalized spacial score (nSPS) is 18.5. The Kier molecular flexibility index (Phi) is 10.9. The summed E-state index contributed by atoms with van der Waals surface area (Å²) in [6.07, 6.45) is 3.98. The molecule has 8 heteroatoms. The third-order valence-electron chi connectivity index (χ3n) is 7.58. The molecule has 0 aliphatic heterocycles. The van der Waals surface area contributed by atoms with Gasteiger partial charge in [0.05, 0.1) is 11.5 Å². The first-order chi connectivity index (χ1) is 19.3. The number of ether oxygens (including phenoxy) is 1. The Labute approximate surface area is 239 Å². The lowest BCUT2D eigenvalue weighted by atomic mass is 9.78. The SMILES string of the molecule is CN(C)C(c1ccccc1)C1CCC(NC(=O)COCCN(Cc2ccccc2)S(=O)(=O)c2ccccc2)CC1. The summed E-state index contributed by atoms with van der Waals surface area (Å²) in [5.41, 5.74) is 2.23. The molecular formula is C32H41N3O4S. The van der Waals surface area contributed by atoms with Crippen molar-refractivity contribution in [1.82, 2.24) is 14.5 Å². The molecule has 0 saturated heterocycles. The van der Waals surface area contributed by atoms with Crippen LogP contribution in [0.25, 0.3) is 0 Å². The van der Waals surface area contributed by atoms with Gasteiger partial charge in [0.1, 0.15) is 6.61 Å². The number of hydrogen-bond donors (Lipinski definition) is 1. The Morgan fingerprint density at radius 2 is 1.45 bits per heavy atom. The van der Waals surface area contributed by atoms with Crippen LogP contribution in [0, 0.1) is 5.92 Å². The van der Waals surface area contributed by atoms with E-state index in [-0.39, 0.29) is 43.1 Å². The highest BCUT2D eigenvalue weighted by molar-refractivity contribution is 7.89. The van der Waals surface area contributed by atoms with E-state index in [0.29, 0.717) is 12.0 Å². The molecule has 214 valence electrons. The summed E-state index contributed by atoms with van der Waals surface area (Å²) in [6, 6.07) is 29.0. The molecular weight excluding hydrogens is 522 g/mol. The first-order valence-electron chi connectivity index (χ1n) is 14.0. The van der Waals surface area contributed by atoms with Gasteiger partial charge in [0.2, 0.25) is 15.9 Å². The van der Waals surface area contributed by atoms with Crippen LogP contribution in [0.5, 0.6) is 0 Å². The molecule has 0 aromatic heterocycles. The quantitative estimate of drug-likeness (QED) is 0.300. The number of nitrogens with one attached hydrogen (secondary N) is 1. The zero-order valence-corrected chi connectivity index (χ0v) is 24.3. The van der Waals surface area contributed by atoms with Gasteiger partial charge in [-0.25, -0.2) is 8.42 Å². The zero-order valence-electron chi connectivity index (χ0n) is 23.5. The Balaban J connectivity index is 1.25. The predicted molar refractivity (Wildman–Crippen MR) is 158 cm³/mol. The topological polar surface area (TPSA) is 79.0 Å². The molecule has 1 N–H and O–H groups in total. The molecule has 1 amide bonds. The summed E-state index contributed by atoms with van der Waals surface area (Å²) in [5, 5.41) is 3.12. The molecule has 4 rings (SSSR count). The van der Waals surface area contributed by atoms with E-state index in [0.717, 1.165) is 31.2 Å². The molecule has 1 aliphatic rings. The number of nitrogens with zero attached hydrogens (tertiary/aromatic N) is 2. The highest BCUT2D eigenvalue weighted by atomic mass is 32.2. The number of carbonyl (C=O) groups is 1. The second kappa shape index (κ2) is 14.6. The molecule has 1 fully saturated rings. The van der Waals surface area contributed by atoms with Gasteiger partial charge < -0.3 is 15.0 Å². The smallest absolute Gasteiger partial charge is 0.246 e. The summed E-state index contributed by atoms with van der Waals surface area (Å²) < 4.78 is 33.7. The van der Waals surface area contributed by atoms with Crippen molar-refractivity contribution in [2.75, 3.05) is 33.9 Å². The van der Waals surface area contributed by atoms with Crippen molar-refractivity contribution in [2.45, 2.75) is 49.2 Å². The molecule has 40 heavy (non-hydrogen) atoms. The van der Waals surface area contributed by atoms with Gasteiger partial charge in [-0.15, -0.1) is 0 Å². The Bertz CT molecular complexity index is 1280. The first-order valence-corrected chi connectivity index (χ1v) is 15.5. The van der Waals surface area contributed by atoms with Crippen molar-refractivity contribution in [3.63, 3.8) is 0 Å². The Morgan fingerprint density at radius 1 is 0.875 bits per heavy atom. The maximum absolute atomic E-state index is 13.3. The lowest BCUT2D eigenvalue weighted by Gasteiger charge is -2.37. The molecule has 1 saturated carbocycles. The fourth-order valence-electron chi connectivity index (χ4n) is 5.63. The monoisotopic (exact) mass is 563 g/mol. The number of amides is 1. The second-order valence-corrected chi connectivity index (χ2v) is 12.6. The van der Waals surface area contributed by atoms with E-state index in [1.165, 1.54) is 9.87 Å². The molecule has 0 heterocycles. The minimum absolute atomic E-state index is 0.0885. The lowest BCUT2D eigenvalue weighted by Crippen LogP contribution is -2.41. The number of carbonyl (C=O) groups excluding carboxylic acids is 1. The van der Waals surface area contributed by atoms with Crippen LogP contribution < -0.4 is 5.32 Å². The summed E-state index contributed by atoms with van der Waals surface area (Å²) >= 11 is 0. The number of sulfonamides is 1. The predicted octanol–water partition coefficient (Wildman–Crippen LogP) is 4.87. The van der Waals surface area contributed by atoms with Crippen LogP contribution in [0.15, 0.2) is 95.9 Å². The van der Waals surface area contributed by atoms with Gasteiger partial charge in [0, 0.05) is 25.2 Å². The largest absolute Gasteiger partial charge is 0.370 e. The molecule has 1 unspecified atom stereocenters. The molecule has 3 aromatic rings. The zero-order chi connectivity index (χ0) is 28.4. The van der Waals surface area contributed by atoms with Gasteiger partial charge in [-0.3, -0.25) is 4.79 Å². The van der Waals surface area contributed by atoms with Crippen LogP contribution in [0.1, 0.15) is 42.9 Å². The van der Waals surface area contributed by atoms with Crippen molar-refractivity contribution in [3.8, 4) is 0 Å². The van der Waals surface area contributed by atoms with Crippen molar-refractivity contribution in [2.24, 2.45) is 5.92 Å². The van der Waals surface area contributed by atoms with Gasteiger partial charge >= 0.3 is 0 Å². The molecule has 1 atom stereocenters. The Hall–Kier alpha value is -3.04. The van der Waals surface area contributed by atoms with E-state index < -0.39 is 10.0 Å². The summed E-state index contributed by atoms with van der Waals surface area (Å²) in [7, 11) is 0.556. The van der Waals surface area contributed by atoms with E-state index in [1.807, 2.05) is 36.4 Å². The molecule has 7 nitrogen and oxygen atoms in total. The van der Waals surface area contributed by atoms with Crippen LogP contribution >= 0.6 is 0 Å². The van der Waals surface area contributed by atoms with Crippen molar-refractivity contribution >= 4 is 15.9 Å². The van der Waals surface area contributed by atoms with Crippen LogP contribution in [-0.4, -0.2) is 63.4 Å². The van der Waals surface area contributed by atoms with E-state index in [9.17, 15) is 13.2 Å². The van der Waals surface area contributed by atoms with E-state index >= 15 is 0 Å². The van der Waals surface area contributed by atoms with Gasteiger partial charge in [0.15, 0.2) is 0 Å². The average Bonchev–Trinajstić information content (AvgIpc) is 2.97. The fourth-order valence-corrected chi connectivity index (χ4v) is 7.07. The highest BCUT2D eigenvalue weighted by Gasteiger charge is 2.30. The van der Waals surface area contributed by atoms with E-state index in [1.54, 1.807) is 30.3 Å². The maximum atomic E-state index is 13.3. The van der Waals surface area contributed by atoms with Crippen LogP contribution in [-0.2, 0) is 26.1 Å². The number of hydrogen-bond acceptors (Lipinski definition) is 5. The second-order valence-electron chi connectivity index (χ2n) is 10.7. The van der Waals surface area contributed by atoms with Crippen molar-refractivity contribution < 1.29 is 17.9 Å². The third kappa shape index (κ3) is 8.24. The average molecular weight is 564 g/mol. The number of rotatable bonds is 13. The minimum atomic E-state index is -3.71. The molecule has 3 aromatic carbocycles. The van der Waals surface area contributed by atoms with Crippen LogP contribution in [0.2, 0.25) is 0 Å². The number of benzene rings is 3.